The number of hydrogen-bond donors (Lipinski definition) is 0. The first-order chi connectivity index (χ1) is 4.88. The van der Waals surface area contributed by atoms with Gasteiger partial charge in [0.2, 0.25) is 0 Å². The maximum atomic E-state index is 5.90. The van der Waals surface area contributed by atoms with E-state index >= 15 is 0 Å². The van der Waals surface area contributed by atoms with Gasteiger partial charge in [0.15, 0.2) is 0 Å². The van der Waals surface area contributed by atoms with E-state index in [1.165, 1.54) is 43.9 Å². The first-order valence-corrected chi connectivity index (χ1v) is 4.77. The van der Waals surface area contributed by atoms with Crippen LogP contribution in [0.15, 0.2) is 0 Å². The smallest absolute Gasteiger partial charge is 0.0675 e. The van der Waals surface area contributed by atoms with E-state index in [1.807, 2.05) is 0 Å². The third-order valence-electron chi connectivity index (χ3n) is 2.88. The van der Waals surface area contributed by atoms with E-state index in [9.17, 15) is 0 Å². The van der Waals surface area contributed by atoms with Crippen molar-refractivity contribution in [3.05, 3.63) is 5.38 Å². The second-order valence-corrected chi connectivity index (χ2v) is 4.14. The van der Waals surface area contributed by atoms with Gasteiger partial charge in [-0.15, -0.1) is 11.6 Å². The van der Waals surface area contributed by atoms with Crippen LogP contribution in [0.3, 0.4) is 0 Å². The third kappa shape index (κ3) is 1.32. The third-order valence-corrected chi connectivity index (χ3v) is 3.31. The molecule has 2 rings (SSSR count). The van der Waals surface area contributed by atoms with E-state index < -0.39 is 0 Å². The molecule has 1 radical (unpaired) electrons. The van der Waals surface area contributed by atoms with Crippen molar-refractivity contribution < 1.29 is 0 Å². The van der Waals surface area contributed by atoms with Crippen LogP contribution in [0.5, 0.6) is 0 Å². The first kappa shape index (κ1) is 6.97. The largest absolute Gasteiger partial charge is 0.117 e. The van der Waals surface area contributed by atoms with Crippen LogP contribution in [-0.4, -0.2) is 0 Å². The molecule has 0 heterocycles. The van der Waals surface area contributed by atoms with Gasteiger partial charge in [-0.25, -0.2) is 0 Å². The van der Waals surface area contributed by atoms with Crippen molar-refractivity contribution in [1.82, 2.24) is 0 Å². The minimum Gasteiger partial charge on any atom is -0.117 e. The van der Waals surface area contributed by atoms with E-state index in [2.05, 4.69) is 0 Å². The van der Waals surface area contributed by atoms with Gasteiger partial charge in [-0.2, -0.15) is 0 Å². The van der Waals surface area contributed by atoms with Gasteiger partial charge in [0.1, 0.15) is 0 Å². The fourth-order valence-corrected chi connectivity index (χ4v) is 2.45. The van der Waals surface area contributed by atoms with Gasteiger partial charge in [0.05, 0.1) is 5.38 Å². The first-order valence-electron chi connectivity index (χ1n) is 4.39. The zero-order chi connectivity index (χ0) is 6.97. The molecule has 0 spiro atoms. The van der Waals surface area contributed by atoms with Gasteiger partial charge in [-0.05, 0) is 18.3 Å². The molecule has 0 aliphatic heterocycles. The highest BCUT2D eigenvalue weighted by Gasteiger charge is 2.42. The predicted octanol–water partition coefficient (Wildman–Crippen LogP) is 3.36. The van der Waals surface area contributed by atoms with Gasteiger partial charge < -0.3 is 0 Å². The average Bonchev–Trinajstić information content (AvgIpc) is 2.69. The Bertz CT molecular complexity index is 116. The molecule has 2 aliphatic carbocycles. The molecule has 1 atom stereocenters. The zero-order valence-electron chi connectivity index (χ0n) is 6.28. The van der Waals surface area contributed by atoms with Crippen LogP contribution in [0.2, 0.25) is 0 Å². The van der Waals surface area contributed by atoms with Gasteiger partial charge in [-0.3, -0.25) is 0 Å². The van der Waals surface area contributed by atoms with Crippen LogP contribution in [0.4, 0.5) is 0 Å². The summed E-state index contributed by atoms with van der Waals surface area (Å²) in [6, 6.07) is 0. The lowest BCUT2D eigenvalue weighted by atomic mass is 9.86. The summed E-state index contributed by atoms with van der Waals surface area (Å²) in [6.45, 7) is 0. The summed E-state index contributed by atoms with van der Waals surface area (Å²) in [4.78, 5) is 0. The molecular weight excluding hydrogens is 144 g/mol. The summed E-state index contributed by atoms with van der Waals surface area (Å²) in [5, 5.41) is 1.26. The van der Waals surface area contributed by atoms with Crippen molar-refractivity contribution in [2.45, 2.75) is 38.5 Å². The van der Waals surface area contributed by atoms with Crippen LogP contribution < -0.4 is 0 Å². The Balaban J connectivity index is 1.81. The standard InChI is InChI=1S/C9H14Cl/c10-9-6-8(9)7-4-2-1-3-5-7/h7-8H,1-6H2. The lowest BCUT2D eigenvalue weighted by Gasteiger charge is -2.20. The maximum absolute atomic E-state index is 5.90. The number of hydrogen-bond acceptors (Lipinski definition) is 0. The van der Waals surface area contributed by atoms with Crippen molar-refractivity contribution in [3.63, 3.8) is 0 Å². The van der Waals surface area contributed by atoms with Gasteiger partial charge in [0.25, 0.3) is 0 Å². The fraction of sp³-hybridized carbons (Fsp3) is 0.889. The van der Waals surface area contributed by atoms with Crippen molar-refractivity contribution >= 4 is 11.6 Å². The average molecular weight is 158 g/mol. The summed E-state index contributed by atoms with van der Waals surface area (Å²) in [5.74, 6) is 1.81. The Hall–Kier alpha value is 0.290. The highest BCUT2D eigenvalue weighted by atomic mass is 35.5. The second kappa shape index (κ2) is 2.73. The highest BCUT2D eigenvalue weighted by molar-refractivity contribution is 6.29. The predicted molar refractivity (Wildman–Crippen MR) is 43.8 cm³/mol. The van der Waals surface area contributed by atoms with Crippen LogP contribution in [0.1, 0.15) is 38.5 Å². The van der Waals surface area contributed by atoms with Crippen molar-refractivity contribution in [2.24, 2.45) is 11.8 Å². The lowest BCUT2D eigenvalue weighted by Crippen LogP contribution is -2.08. The Morgan fingerprint density at radius 1 is 1.10 bits per heavy atom. The summed E-state index contributed by atoms with van der Waals surface area (Å²) < 4.78 is 0. The van der Waals surface area contributed by atoms with E-state index in [-0.39, 0.29) is 0 Å². The van der Waals surface area contributed by atoms with Crippen LogP contribution in [0.25, 0.3) is 0 Å². The second-order valence-electron chi connectivity index (χ2n) is 3.66. The normalized spacial score (nSPS) is 36.3. The Labute approximate surface area is 68.0 Å². The molecule has 1 unspecified atom stereocenters. The highest BCUT2D eigenvalue weighted by Crippen LogP contribution is 2.53. The van der Waals surface area contributed by atoms with Gasteiger partial charge in [-0.1, -0.05) is 32.1 Å². The molecule has 0 bridgehead atoms. The molecule has 0 aromatic carbocycles. The van der Waals surface area contributed by atoms with Crippen LogP contribution >= 0.6 is 11.6 Å². The summed E-state index contributed by atoms with van der Waals surface area (Å²) in [5.41, 5.74) is 0. The molecule has 0 amide bonds. The molecular formula is C9H14Cl. The zero-order valence-corrected chi connectivity index (χ0v) is 7.03. The number of halogens is 1. The molecule has 10 heavy (non-hydrogen) atoms. The minimum absolute atomic E-state index is 0.835. The molecule has 2 saturated carbocycles. The molecule has 1 heteroatoms. The van der Waals surface area contributed by atoms with E-state index in [0.29, 0.717) is 0 Å². The Morgan fingerprint density at radius 2 is 1.70 bits per heavy atom. The maximum Gasteiger partial charge on any atom is 0.0675 e. The molecule has 0 nitrogen and oxygen atoms in total. The molecule has 0 aromatic rings. The molecule has 2 aliphatic rings. The van der Waals surface area contributed by atoms with Gasteiger partial charge >= 0.3 is 0 Å². The lowest BCUT2D eigenvalue weighted by molar-refractivity contribution is 0.328. The molecule has 0 saturated heterocycles. The monoisotopic (exact) mass is 157 g/mol. The van der Waals surface area contributed by atoms with Crippen molar-refractivity contribution in [1.29, 1.82) is 0 Å². The summed E-state index contributed by atoms with van der Waals surface area (Å²) in [6.07, 6.45) is 8.48. The minimum atomic E-state index is 0.835. The van der Waals surface area contributed by atoms with Crippen LogP contribution in [-0.2, 0) is 0 Å². The summed E-state index contributed by atoms with van der Waals surface area (Å²) in [7, 11) is 0. The Morgan fingerprint density at radius 3 is 2.20 bits per heavy atom. The molecule has 57 valence electrons. The van der Waals surface area contributed by atoms with E-state index in [1.54, 1.807) is 0 Å². The van der Waals surface area contributed by atoms with Gasteiger partial charge in [0, 0.05) is 0 Å². The van der Waals surface area contributed by atoms with Crippen molar-refractivity contribution in [3.8, 4) is 0 Å². The van der Waals surface area contributed by atoms with Crippen LogP contribution in [0, 0.1) is 17.2 Å². The van der Waals surface area contributed by atoms with Crippen molar-refractivity contribution in [2.75, 3.05) is 0 Å². The SMILES string of the molecule is Cl[C]1CC1C1CCCCC1. The topological polar surface area (TPSA) is 0 Å². The van der Waals surface area contributed by atoms with E-state index in [4.69, 9.17) is 11.6 Å². The molecule has 0 N–H and O–H groups in total. The van der Waals surface area contributed by atoms with E-state index in [0.717, 1.165) is 11.8 Å². The Kier molecular flexibility index (Phi) is 1.90. The summed E-state index contributed by atoms with van der Waals surface area (Å²) >= 11 is 5.90. The molecule has 2 fully saturated rings. The quantitative estimate of drug-likeness (QED) is 0.548. The fourth-order valence-electron chi connectivity index (χ4n) is 2.11. The molecule has 0 aromatic heterocycles. The number of rotatable bonds is 1.